The molecule has 4 nitrogen and oxygen atoms in total. The zero-order valence-electron chi connectivity index (χ0n) is 13.3. The highest BCUT2D eigenvalue weighted by molar-refractivity contribution is 9.10. The zero-order valence-corrected chi connectivity index (χ0v) is 15.7. The fourth-order valence-electron chi connectivity index (χ4n) is 3.13. The highest BCUT2D eigenvalue weighted by Crippen LogP contribution is 2.42. The van der Waals surface area contributed by atoms with Gasteiger partial charge in [-0.25, -0.2) is 0 Å². The number of nitrogens with one attached hydrogen (secondary N) is 1. The SMILES string of the molecule is C[C@@H](N)c1ccc(-c2c(O)cc(Br)c3[nH]c(=O)c4sccc4c23)cc1. The van der Waals surface area contributed by atoms with E-state index in [0.717, 1.165) is 21.9 Å². The summed E-state index contributed by atoms with van der Waals surface area (Å²) in [4.78, 5) is 15.2. The van der Waals surface area contributed by atoms with Gasteiger partial charge in [0.15, 0.2) is 0 Å². The van der Waals surface area contributed by atoms with Crippen molar-refractivity contribution in [3.63, 3.8) is 0 Å². The van der Waals surface area contributed by atoms with E-state index in [2.05, 4.69) is 20.9 Å². The van der Waals surface area contributed by atoms with Crippen LogP contribution in [0.5, 0.6) is 5.75 Å². The molecule has 4 N–H and O–H groups in total. The fourth-order valence-corrected chi connectivity index (χ4v) is 4.44. The van der Waals surface area contributed by atoms with Gasteiger partial charge in [0.1, 0.15) is 10.4 Å². The van der Waals surface area contributed by atoms with Crippen LogP contribution in [0.1, 0.15) is 18.5 Å². The van der Waals surface area contributed by atoms with Gasteiger partial charge in [0.05, 0.1) is 5.52 Å². The lowest BCUT2D eigenvalue weighted by molar-refractivity contribution is 0.477. The third-order valence-corrected chi connectivity index (χ3v) is 5.90. The number of hydrogen-bond acceptors (Lipinski definition) is 4. The van der Waals surface area contributed by atoms with Crippen LogP contribution in [0.2, 0.25) is 0 Å². The summed E-state index contributed by atoms with van der Waals surface area (Å²) in [5, 5.41) is 14.2. The molecule has 6 heteroatoms. The molecular formula is C19H15BrN2O2S. The average molecular weight is 415 g/mol. The smallest absolute Gasteiger partial charge is 0.266 e. The van der Waals surface area contributed by atoms with Crippen molar-refractivity contribution in [3.8, 4) is 16.9 Å². The molecule has 0 bridgehead atoms. The third kappa shape index (κ3) is 2.57. The first-order chi connectivity index (χ1) is 12.0. The van der Waals surface area contributed by atoms with Crippen LogP contribution in [-0.2, 0) is 0 Å². The molecule has 0 saturated carbocycles. The number of thiophene rings is 1. The van der Waals surface area contributed by atoms with Gasteiger partial charge in [-0.15, -0.1) is 11.3 Å². The first-order valence-electron chi connectivity index (χ1n) is 7.78. The van der Waals surface area contributed by atoms with Crippen LogP contribution in [0.3, 0.4) is 0 Å². The van der Waals surface area contributed by atoms with Crippen molar-refractivity contribution in [2.24, 2.45) is 5.73 Å². The van der Waals surface area contributed by atoms with Crippen LogP contribution in [0.15, 0.2) is 51.0 Å². The quantitative estimate of drug-likeness (QED) is 0.436. The van der Waals surface area contributed by atoms with Crippen LogP contribution < -0.4 is 11.3 Å². The molecule has 1 atom stereocenters. The van der Waals surface area contributed by atoms with E-state index in [1.54, 1.807) is 6.07 Å². The summed E-state index contributed by atoms with van der Waals surface area (Å²) in [6, 6.07) is 11.3. The van der Waals surface area contributed by atoms with E-state index in [9.17, 15) is 9.90 Å². The number of halogens is 1. The van der Waals surface area contributed by atoms with Crippen molar-refractivity contribution in [2.45, 2.75) is 13.0 Å². The van der Waals surface area contributed by atoms with Crippen LogP contribution >= 0.6 is 27.3 Å². The van der Waals surface area contributed by atoms with Crippen LogP contribution in [0.4, 0.5) is 0 Å². The minimum absolute atomic E-state index is 0.0516. The first-order valence-corrected chi connectivity index (χ1v) is 9.45. The van der Waals surface area contributed by atoms with Crippen LogP contribution in [0, 0.1) is 0 Å². The van der Waals surface area contributed by atoms with E-state index in [1.165, 1.54) is 11.3 Å². The molecule has 0 aliphatic carbocycles. The minimum atomic E-state index is -0.123. The Morgan fingerprint density at radius 2 is 1.96 bits per heavy atom. The van der Waals surface area contributed by atoms with Gasteiger partial charge < -0.3 is 15.8 Å². The average Bonchev–Trinajstić information content (AvgIpc) is 3.07. The minimum Gasteiger partial charge on any atom is -0.507 e. The van der Waals surface area contributed by atoms with Gasteiger partial charge in [-0.05, 0) is 51.5 Å². The summed E-state index contributed by atoms with van der Waals surface area (Å²) in [6.45, 7) is 1.93. The van der Waals surface area contributed by atoms with Crippen LogP contribution in [0.25, 0.3) is 32.1 Å². The summed E-state index contributed by atoms with van der Waals surface area (Å²) < 4.78 is 1.31. The van der Waals surface area contributed by atoms with Gasteiger partial charge in [-0.2, -0.15) is 0 Å². The number of hydrogen-bond donors (Lipinski definition) is 3. The highest BCUT2D eigenvalue weighted by Gasteiger charge is 2.18. The number of benzene rings is 2. The normalized spacial score (nSPS) is 12.8. The van der Waals surface area contributed by atoms with Gasteiger partial charge in [-0.3, -0.25) is 4.79 Å². The molecule has 2 heterocycles. The Morgan fingerprint density at radius 3 is 2.64 bits per heavy atom. The predicted octanol–water partition coefficient (Wildman–Crippen LogP) is 4.90. The summed E-state index contributed by atoms with van der Waals surface area (Å²) in [7, 11) is 0. The van der Waals surface area contributed by atoms with E-state index in [0.29, 0.717) is 20.3 Å². The molecule has 0 aliphatic rings. The second-order valence-electron chi connectivity index (χ2n) is 6.03. The van der Waals surface area contributed by atoms with Gasteiger partial charge in [-0.1, -0.05) is 24.3 Å². The summed E-state index contributed by atoms with van der Waals surface area (Å²) in [6.07, 6.45) is 0. The molecule has 2 aromatic heterocycles. The molecule has 0 aliphatic heterocycles. The molecule has 2 aromatic carbocycles. The van der Waals surface area contributed by atoms with Gasteiger partial charge >= 0.3 is 0 Å². The highest BCUT2D eigenvalue weighted by atomic mass is 79.9. The van der Waals surface area contributed by atoms with Crippen molar-refractivity contribution in [3.05, 3.63) is 62.2 Å². The summed E-state index contributed by atoms with van der Waals surface area (Å²) >= 11 is 4.84. The number of fused-ring (bicyclic) bond motifs is 3. The molecular weight excluding hydrogens is 400 g/mol. The molecule has 126 valence electrons. The number of phenolic OH excluding ortho intramolecular Hbond substituents is 1. The molecule has 4 aromatic rings. The number of rotatable bonds is 2. The number of aromatic hydroxyl groups is 1. The Hall–Kier alpha value is -2.15. The lowest BCUT2D eigenvalue weighted by Gasteiger charge is -2.13. The number of pyridine rings is 1. The number of phenols is 1. The van der Waals surface area contributed by atoms with Crippen molar-refractivity contribution >= 4 is 48.3 Å². The third-order valence-electron chi connectivity index (χ3n) is 4.36. The van der Waals surface area contributed by atoms with E-state index >= 15 is 0 Å². The van der Waals surface area contributed by atoms with E-state index in [-0.39, 0.29) is 17.4 Å². The molecule has 0 fully saturated rings. The Morgan fingerprint density at radius 1 is 1.24 bits per heavy atom. The lowest BCUT2D eigenvalue weighted by atomic mass is 9.96. The number of nitrogens with two attached hydrogens (primary N) is 1. The lowest BCUT2D eigenvalue weighted by Crippen LogP contribution is -2.05. The van der Waals surface area contributed by atoms with E-state index < -0.39 is 0 Å². The van der Waals surface area contributed by atoms with Gasteiger partial charge in [0, 0.05) is 26.9 Å². The molecule has 4 rings (SSSR count). The summed E-state index contributed by atoms with van der Waals surface area (Å²) in [5.74, 6) is 0.160. The second kappa shape index (κ2) is 5.98. The number of aromatic amines is 1. The summed E-state index contributed by atoms with van der Waals surface area (Å²) in [5.41, 5.74) is 9.09. The predicted molar refractivity (Wildman–Crippen MR) is 107 cm³/mol. The maximum absolute atomic E-state index is 12.3. The molecule has 25 heavy (non-hydrogen) atoms. The topological polar surface area (TPSA) is 79.1 Å². The maximum atomic E-state index is 12.3. The van der Waals surface area contributed by atoms with Crippen molar-refractivity contribution in [2.75, 3.05) is 0 Å². The molecule has 0 radical (unpaired) electrons. The van der Waals surface area contributed by atoms with Crippen molar-refractivity contribution < 1.29 is 5.11 Å². The molecule has 0 spiro atoms. The van der Waals surface area contributed by atoms with Crippen molar-refractivity contribution in [1.29, 1.82) is 0 Å². The van der Waals surface area contributed by atoms with Gasteiger partial charge in [0.25, 0.3) is 5.56 Å². The number of aromatic nitrogens is 1. The Kier molecular flexibility index (Phi) is 3.91. The largest absolute Gasteiger partial charge is 0.507 e. The molecule has 0 unspecified atom stereocenters. The zero-order chi connectivity index (χ0) is 17.7. The van der Waals surface area contributed by atoms with Crippen molar-refractivity contribution in [1.82, 2.24) is 4.98 Å². The Labute approximate surface area is 156 Å². The first kappa shape index (κ1) is 16.3. The molecule has 0 amide bonds. The fraction of sp³-hybridized carbons (Fsp3) is 0.105. The van der Waals surface area contributed by atoms with E-state index in [1.807, 2.05) is 42.6 Å². The van der Waals surface area contributed by atoms with Crippen LogP contribution in [-0.4, -0.2) is 10.1 Å². The van der Waals surface area contributed by atoms with Gasteiger partial charge in [0.2, 0.25) is 0 Å². The maximum Gasteiger partial charge on any atom is 0.266 e. The Balaban J connectivity index is 2.13. The Bertz CT molecular complexity index is 1160. The monoisotopic (exact) mass is 414 g/mol. The second-order valence-corrected chi connectivity index (χ2v) is 7.80. The molecule has 0 saturated heterocycles. The number of H-pyrrole nitrogens is 1. The van der Waals surface area contributed by atoms with E-state index in [4.69, 9.17) is 5.73 Å². The standard InChI is InChI=1S/C19H15BrN2O2S/c1-9(21)10-2-4-11(5-3-10)15-14(23)8-13(20)17-16(15)12-6-7-25-18(12)19(24)22-17/h2-9,23H,21H2,1H3,(H,22,24)/t9-/m1/s1.